The van der Waals surface area contributed by atoms with Crippen LogP contribution in [0.1, 0.15) is 5.56 Å². The molecule has 100 valence electrons. The molecule has 0 aliphatic rings. The van der Waals surface area contributed by atoms with Crippen molar-refractivity contribution in [1.82, 2.24) is 0 Å². The summed E-state index contributed by atoms with van der Waals surface area (Å²) in [7, 11) is 3.27. The molecule has 0 amide bonds. The third kappa shape index (κ3) is 2.40. The number of anilines is 1. The predicted molar refractivity (Wildman–Crippen MR) is 81.8 cm³/mol. The monoisotopic (exact) mass is 321 g/mol. The van der Waals surface area contributed by atoms with Gasteiger partial charge in [-0.05, 0) is 52.2 Å². The Balaban J connectivity index is 2.69. The van der Waals surface area contributed by atoms with Crippen LogP contribution in [0.25, 0.3) is 11.1 Å². The molecular formula is C15H16BrNO2. The molecule has 0 bridgehead atoms. The summed E-state index contributed by atoms with van der Waals surface area (Å²) < 4.78 is 11.6. The molecule has 0 radical (unpaired) electrons. The summed E-state index contributed by atoms with van der Waals surface area (Å²) in [6.07, 6.45) is 0. The zero-order valence-corrected chi connectivity index (χ0v) is 12.7. The van der Waals surface area contributed by atoms with Gasteiger partial charge in [-0.3, -0.25) is 0 Å². The van der Waals surface area contributed by atoms with Crippen molar-refractivity contribution in [1.29, 1.82) is 0 Å². The van der Waals surface area contributed by atoms with Crippen molar-refractivity contribution in [3.05, 3.63) is 40.4 Å². The summed E-state index contributed by atoms with van der Waals surface area (Å²) in [5.41, 5.74) is 9.82. The molecule has 0 atom stereocenters. The highest BCUT2D eigenvalue weighted by Crippen LogP contribution is 2.43. The summed E-state index contributed by atoms with van der Waals surface area (Å²) in [5.74, 6) is 1.48. The quantitative estimate of drug-likeness (QED) is 0.868. The number of nitrogens with two attached hydrogens (primary N) is 1. The molecule has 19 heavy (non-hydrogen) atoms. The molecule has 2 N–H and O–H groups in total. The molecule has 0 heterocycles. The fraction of sp³-hybridized carbons (Fsp3) is 0.200. The Morgan fingerprint density at radius 1 is 1.00 bits per heavy atom. The number of hydrogen-bond acceptors (Lipinski definition) is 3. The normalized spacial score (nSPS) is 10.3. The third-order valence-electron chi connectivity index (χ3n) is 3.15. The highest BCUT2D eigenvalue weighted by molar-refractivity contribution is 9.10. The summed E-state index contributed by atoms with van der Waals surface area (Å²) in [6.45, 7) is 2.00. The summed E-state index contributed by atoms with van der Waals surface area (Å²) in [4.78, 5) is 0. The Morgan fingerprint density at radius 3 is 2.37 bits per heavy atom. The number of methoxy groups -OCH3 is 2. The minimum atomic E-state index is 0.738. The van der Waals surface area contributed by atoms with Crippen molar-refractivity contribution in [3.63, 3.8) is 0 Å². The van der Waals surface area contributed by atoms with Crippen molar-refractivity contribution in [2.24, 2.45) is 0 Å². The van der Waals surface area contributed by atoms with Gasteiger partial charge in [-0.2, -0.15) is 0 Å². The van der Waals surface area contributed by atoms with Gasteiger partial charge in [0.2, 0.25) is 0 Å². The smallest absolute Gasteiger partial charge is 0.144 e. The van der Waals surface area contributed by atoms with Gasteiger partial charge in [0.05, 0.1) is 14.2 Å². The van der Waals surface area contributed by atoms with E-state index in [2.05, 4.69) is 15.9 Å². The zero-order valence-electron chi connectivity index (χ0n) is 11.2. The fourth-order valence-electron chi connectivity index (χ4n) is 2.05. The van der Waals surface area contributed by atoms with E-state index in [0.717, 1.165) is 38.3 Å². The van der Waals surface area contributed by atoms with E-state index in [1.165, 1.54) is 0 Å². The van der Waals surface area contributed by atoms with E-state index >= 15 is 0 Å². The second-order valence-corrected chi connectivity index (χ2v) is 4.98. The van der Waals surface area contributed by atoms with Gasteiger partial charge in [-0.25, -0.2) is 0 Å². The lowest BCUT2D eigenvalue weighted by Crippen LogP contribution is -1.96. The van der Waals surface area contributed by atoms with Crippen molar-refractivity contribution in [3.8, 4) is 22.6 Å². The third-order valence-corrected chi connectivity index (χ3v) is 3.90. The largest absolute Gasteiger partial charge is 0.495 e. The van der Waals surface area contributed by atoms with Gasteiger partial charge in [0.15, 0.2) is 0 Å². The van der Waals surface area contributed by atoms with Gasteiger partial charge in [0, 0.05) is 11.3 Å². The van der Waals surface area contributed by atoms with Crippen molar-refractivity contribution < 1.29 is 9.47 Å². The molecule has 0 aliphatic heterocycles. The number of halogens is 1. The minimum absolute atomic E-state index is 0.738. The average Bonchev–Trinajstić information content (AvgIpc) is 2.41. The van der Waals surface area contributed by atoms with Gasteiger partial charge < -0.3 is 15.2 Å². The number of nitrogen functional groups attached to an aromatic ring is 1. The first kappa shape index (κ1) is 13.7. The summed E-state index contributed by atoms with van der Waals surface area (Å²) in [5, 5.41) is 0. The van der Waals surface area contributed by atoms with Crippen LogP contribution in [0.5, 0.6) is 11.5 Å². The van der Waals surface area contributed by atoms with Crippen LogP contribution in [0.15, 0.2) is 34.8 Å². The standard InChI is InChI=1S/C15H16BrNO2/c1-9-10(5-4-6-12(9)17)11-7-8-13(18-2)14(16)15(11)19-3/h4-8H,17H2,1-3H3. The highest BCUT2D eigenvalue weighted by Gasteiger charge is 2.15. The maximum atomic E-state index is 5.97. The van der Waals surface area contributed by atoms with Gasteiger partial charge in [-0.15, -0.1) is 0 Å². The number of benzene rings is 2. The number of hydrogen-bond donors (Lipinski definition) is 1. The van der Waals surface area contributed by atoms with Crippen LogP contribution in [0.4, 0.5) is 5.69 Å². The zero-order chi connectivity index (χ0) is 14.0. The molecule has 2 rings (SSSR count). The lowest BCUT2D eigenvalue weighted by molar-refractivity contribution is 0.390. The van der Waals surface area contributed by atoms with Gasteiger partial charge in [-0.1, -0.05) is 12.1 Å². The van der Waals surface area contributed by atoms with E-state index in [0.29, 0.717) is 0 Å². The molecule has 3 nitrogen and oxygen atoms in total. The molecule has 2 aromatic rings. The summed E-state index contributed by atoms with van der Waals surface area (Å²) in [6, 6.07) is 9.75. The second kappa shape index (κ2) is 5.53. The van der Waals surface area contributed by atoms with Gasteiger partial charge in [0.25, 0.3) is 0 Å². The van der Waals surface area contributed by atoms with Crippen LogP contribution in [-0.2, 0) is 0 Å². The van der Waals surface area contributed by atoms with E-state index < -0.39 is 0 Å². The van der Waals surface area contributed by atoms with Crippen LogP contribution in [-0.4, -0.2) is 14.2 Å². The van der Waals surface area contributed by atoms with E-state index in [9.17, 15) is 0 Å². The second-order valence-electron chi connectivity index (χ2n) is 4.18. The van der Waals surface area contributed by atoms with Gasteiger partial charge in [0.1, 0.15) is 16.0 Å². The number of ether oxygens (including phenoxy) is 2. The van der Waals surface area contributed by atoms with Crippen LogP contribution < -0.4 is 15.2 Å². The van der Waals surface area contributed by atoms with E-state index in [1.54, 1.807) is 14.2 Å². The SMILES string of the molecule is COc1ccc(-c2cccc(N)c2C)c(OC)c1Br. The van der Waals surface area contributed by atoms with E-state index in [-0.39, 0.29) is 0 Å². The fourth-order valence-corrected chi connectivity index (χ4v) is 2.72. The Labute approximate surface area is 121 Å². The molecule has 0 spiro atoms. The lowest BCUT2D eigenvalue weighted by atomic mass is 9.98. The molecule has 0 saturated heterocycles. The van der Waals surface area contributed by atoms with Crippen LogP contribution in [0.3, 0.4) is 0 Å². The molecule has 2 aromatic carbocycles. The van der Waals surface area contributed by atoms with Crippen LogP contribution in [0, 0.1) is 6.92 Å². The molecule has 0 saturated carbocycles. The Bertz CT molecular complexity index is 611. The van der Waals surface area contributed by atoms with Crippen LogP contribution in [0.2, 0.25) is 0 Å². The first-order chi connectivity index (χ1) is 9.10. The first-order valence-corrected chi connectivity index (χ1v) is 6.65. The molecular weight excluding hydrogens is 306 g/mol. The Kier molecular flexibility index (Phi) is 4.00. The van der Waals surface area contributed by atoms with Gasteiger partial charge >= 0.3 is 0 Å². The molecule has 0 aliphatic carbocycles. The lowest BCUT2D eigenvalue weighted by Gasteiger charge is -2.15. The molecule has 0 aromatic heterocycles. The highest BCUT2D eigenvalue weighted by atomic mass is 79.9. The van der Waals surface area contributed by atoms with E-state index in [4.69, 9.17) is 15.2 Å². The number of rotatable bonds is 3. The van der Waals surface area contributed by atoms with Crippen molar-refractivity contribution in [2.45, 2.75) is 6.92 Å². The maximum Gasteiger partial charge on any atom is 0.144 e. The predicted octanol–water partition coefficient (Wildman–Crippen LogP) is 4.02. The Hall–Kier alpha value is -1.68. The molecule has 0 unspecified atom stereocenters. The Morgan fingerprint density at radius 2 is 1.74 bits per heavy atom. The summed E-state index contributed by atoms with van der Waals surface area (Å²) >= 11 is 3.51. The minimum Gasteiger partial charge on any atom is -0.495 e. The average molecular weight is 322 g/mol. The topological polar surface area (TPSA) is 44.5 Å². The molecule has 4 heteroatoms. The van der Waals surface area contributed by atoms with Crippen molar-refractivity contribution >= 4 is 21.6 Å². The first-order valence-electron chi connectivity index (χ1n) is 5.86. The molecule has 0 fully saturated rings. The maximum absolute atomic E-state index is 5.97. The van der Waals surface area contributed by atoms with Crippen molar-refractivity contribution in [2.75, 3.05) is 20.0 Å². The van der Waals surface area contributed by atoms with E-state index in [1.807, 2.05) is 37.3 Å². The van der Waals surface area contributed by atoms with Crippen LogP contribution >= 0.6 is 15.9 Å².